The van der Waals surface area contributed by atoms with Crippen LogP contribution in [-0.4, -0.2) is 30.3 Å². The Bertz CT molecular complexity index is 311. The Balaban J connectivity index is 2.70. The molecule has 0 bridgehead atoms. The fourth-order valence-electron chi connectivity index (χ4n) is 1.75. The molecule has 3 heteroatoms. The topological polar surface area (TPSA) is 34.2 Å². The Morgan fingerprint density at radius 2 is 2.18 bits per heavy atom. The summed E-state index contributed by atoms with van der Waals surface area (Å²) in [5.74, 6) is 0. The molecule has 1 aromatic rings. The summed E-state index contributed by atoms with van der Waals surface area (Å²) in [6.07, 6.45) is 3.85. The lowest BCUT2D eigenvalue weighted by atomic mass is 9.94. The molecule has 3 nitrogen and oxygen atoms in total. The van der Waals surface area contributed by atoms with E-state index in [4.69, 9.17) is 4.74 Å². The summed E-state index contributed by atoms with van der Waals surface area (Å²) >= 11 is 0. The molecule has 17 heavy (non-hydrogen) atoms. The molecule has 1 heterocycles. The number of pyridine rings is 1. The van der Waals surface area contributed by atoms with Crippen molar-refractivity contribution in [2.24, 2.45) is 0 Å². The highest BCUT2D eigenvalue weighted by Crippen LogP contribution is 2.17. The molecule has 1 unspecified atom stereocenters. The normalized spacial score (nSPS) is 13.6. The minimum absolute atomic E-state index is 0.188. The number of aromatic nitrogens is 1. The van der Waals surface area contributed by atoms with Gasteiger partial charge >= 0.3 is 0 Å². The molecule has 0 fully saturated rings. The second kappa shape index (κ2) is 6.72. The lowest BCUT2D eigenvalue weighted by molar-refractivity contribution is -0.0102. The first-order valence-electron chi connectivity index (χ1n) is 6.28. The van der Waals surface area contributed by atoms with Crippen LogP contribution in [0.2, 0.25) is 0 Å². The first-order valence-corrected chi connectivity index (χ1v) is 6.28. The monoisotopic (exact) mass is 236 g/mol. The largest absolute Gasteiger partial charge is 0.377 e. The van der Waals surface area contributed by atoms with Crippen molar-refractivity contribution < 1.29 is 4.74 Å². The van der Waals surface area contributed by atoms with E-state index < -0.39 is 0 Å². The Hall–Kier alpha value is -0.930. The predicted molar refractivity (Wildman–Crippen MR) is 71.1 cm³/mol. The smallest absolute Gasteiger partial charge is 0.0778 e. The van der Waals surface area contributed by atoms with Crippen LogP contribution in [0.25, 0.3) is 0 Å². The van der Waals surface area contributed by atoms with Gasteiger partial charge in [-0.25, -0.2) is 0 Å². The highest BCUT2D eigenvalue weighted by atomic mass is 16.5. The molecular formula is C14H24N2O. The Morgan fingerprint density at radius 3 is 2.71 bits per heavy atom. The Kier molecular flexibility index (Phi) is 5.59. The standard InChI is InChI=1S/C14H24N2O/c1-5-9-16-13(14(2,3)17-4)11-12-8-6-7-10-15-12/h6-8,10,13,16H,5,9,11H2,1-4H3. The maximum atomic E-state index is 5.58. The van der Waals surface area contributed by atoms with Crippen molar-refractivity contribution in [1.82, 2.24) is 10.3 Å². The van der Waals surface area contributed by atoms with E-state index in [9.17, 15) is 0 Å². The van der Waals surface area contributed by atoms with Crippen molar-refractivity contribution in [3.8, 4) is 0 Å². The number of nitrogens with one attached hydrogen (secondary N) is 1. The molecule has 1 rings (SSSR count). The number of nitrogens with zero attached hydrogens (tertiary/aromatic N) is 1. The third-order valence-electron chi connectivity index (χ3n) is 3.15. The lowest BCUT2D eigenvalue weighted by Gasteiger charge is -2.33. The average molecular weight is 236 g/mol. The van der Waals surface area contributed by atoms with Gasteiger partial charge in [-0.1, -0.05) is 13.0 Å². The molecule has 1 N–H and O–H groups in total. The maximum Gasteiger partial charge on any atom is 0.0778 e. The molecule has 0 aliphatic rings. The number of hydrogen-bond donors (Lipinski definition) is 1. The summed E-state index contributed by atoms with van der Waals surface area (Å²) in [6.45, 7) is 7.40. The van der Waals surface area contributed by atoms with E-state index >= 15 is 0 Å². The van der Waals surface area contributed by atoms with Crippen LogP contribution < -0.4 is 5.32 Å². The van der Waals surface area contributed by atoms with Crippen molar-refractivity contribution in [3.05, 3.63) is 30.1 Å². The molecule has 0 aliphatic carbocycles. The third kappa shape index (κ3) is 4.44. The Labute approximate surface area is 105 Å². The fourth-order valence-corrected chi connectivity index (χ4v) is 1.75. The number of methoxy groups -OCH3 is 1. The number of hydrogen-bond acceptors (Lipinski definition) is 3. The Morgan fingerprint density at radius 1 is 1.41 bits per heavy atom. The molecule has 0 saturated carbocycles. The van der Waals surface area contributed by atoms with Gasteiger partial charge in [0, 0.05) is 31.5 Å². The van der Waals surface area contributed by atoms with Gasteiger partial charge in [0.2, 0.25) is 0 Å². The van der Waals surface area contributed by atoms with Gasteiger partial charge in [0.15, 0.2) is 0 Å². The van der Waals surface area contributed by atoms with Crippen LogP contribution in [0, 0.1) is 0 Å². The van der Waals surface area contributed by atoms with Gasteiger partial charge in [0.1, 0.15) is 0 Å². The van der Waals surface area contributed by atoms with E-state index in [0.717, 1.165) is 25.1 Å². The molecule has 0 saturated heterocycles. The number of ether oxygens (including phenoxy) is 1. The second-order valence-electron chi connectivity index (χ2n) is 4.84. The quantitative estimate of drug-likeness (QED) is 0.789. The van der Waals surface area contributed by atoms with Crippen molar-refractivity contribution in [3.63, 3.8) is 0 Å². The molecule has 0 spiro atoms. The van der Waals surface area contributed by atoms with Crippen LogP contribution in [0.3, 0.4) is 0 Å². The predicted octanol–water partition coefficient (Wildman–Crippen LogP) is 2.42. The van der Waals surface area contributed by atoms with Gasteiger partial charge in [0.25, 0.3) is 0 Å². The highest BCUT2D eigenvalue weighted by Gasteiger charge is 2.29. The number of rotatable bonds is 7. The van der Waals surface area contributed by atoms with Crippen molar-refractivity contribution in [1.29, 1.82) is 0 Å². The summed E-state index contributed by atoms with van der Waals surface area (Å²) in [5, 5.41) is 3.54. The zero-order valence-corrected chi connectivity index (χ0v) is 11.4. The first-order chi connectivity index (χ1) is 8.10. The molecule has 96 valence electrons. The maximum absolute atomic E-state index is 5.58. The highest BCUT2D eigenvalue weighted by molar-refractivity contribution is 5.07. The zero-order valence-electron chi connectivity index (χ0n) is 11.4. The van der Waals surface area contributed by atoms with E-state index in [1.54, 1.807) is 7.11 Å². The minimum atomic E-state index is -0.188. The molecule has 1 atom stereocenters. The molecule has 0 aliphatic heterocycles. The first kappa shape index (κ1) is 14.1. The summed E-state index contributed by atoms with van der Waals surface area (Å²) in [5.41, 5.74) is 0.915. The van der Waals surface area contributed by atoms with Crippen molar-refractivity contribution in [2.45, 2.75) is 45.3 Å². The SMILES string of the molecule is CCCNC(Cc1ccccn1)C(C)(C)OC. The fraction of sp³-hybridized carbons (Fsp3) is 0.643. The molecule has 0 amide bonds. The van der Waals surface area contributed by atoms with Gasteiger partial charge in [-0.3, -0.25) is 4.98 Å². The van der Waals surface area contributed by atoms with Gasteiger partial charge in [-0.05, 0) is 38.9 Å². The van der Waals surface area contributed by atoms with Gasteiger partial charge in [-0.2, -0.15) is 0 Å². The van der Waals surface area contributed by atoms with Crippen LogP contribution in [0.1, 0.15) is 32.9 Å². The lowest BCUT2D eigenvalue weighted by Crippen LogP contribution is -2.49. The van der Waals surface area contributed by atoms with Crippen molar-refractivity contribution >= 4 is 0 Å². The third-order valence-corrected chi connectivity index (χ3v) is 3.15. The van der Waals surface area contributed by atoms with Gasteiger partial charge in [-0.15, -0.1) is 0 Å². The average Bonchev–Trinajstić information content (AvgIpc) is 2.35. The summed E-state index contributed by atoms with van der Waals surface area (Å²) < 4.78 is 5.58. The van der Waals surface area contributed by atoms with Crippen molar-refractivity contribution in [2.75, 3.05) is 13.7 Å². The second-order valence-corrected chi connectivity index (χ2v) is 4.84. The van der Waals surface area contributed by atoms with Crippen LogP contribution in [-0.2, 0) is 11.2 Å². The van der Waals surface area contributed by atoms with E-state index in [-0.39, 0.29) is 11.6 Å². The van der Waals surface area contributed by atoms with Crippen LogP contribution in [0.15, 0.2) is 24.4 Å². The van der Waals surface area contributed by atoms with Gasteiger partial charge in [0.05, 0.1) is 5.60 Å². The molecule has 1 aromatic heterocycles. The minimum Gasteiger partial charge on any atom is -0.377 e. The van der Waals surface area contributed by atoms with E-state index in [1.807, 2.05) is 18.3 Å². The van der Waals surface area contributed by atoms with E-state index in [0.29, 0.717) is 0 Å². The van der Waals surface area contributed by atoms with Gasteiger partial charge < -0.3 is 10.1 Å². The molecular weight excluding hydrogens is 212 g/mol. The van der Waals surface area contributed by atoms with E-state index in [1.165, 1.54) is 0 Å². The van der Waals surface area contributed by atoms with Crippen LogP contribution >= 0.6 is 0 Å². The van der Waals surface area contributed by atoms with Crippen LogP contribution in [0.4, 0.5) is 0 Å². The zero-order chi connectivity index (χ0) is 12.7. The van der Waals surface area contributed by atoms with E-state index in [2.05, 4.69) is 37.1 Å². The molecule has 0 radical (unpaired) electrons. The van der Waals surface area contributed by atoms with Crippen LogP contribution in [0.5, 0.6) is 0 Å². The summed E-state index contributed by atoms with van der Waals surface area (Å²) in [6, 6.07) is 6.31. The molecule has 0 aromatic carbocycles. The summed E-state index contributed by atoms with van der Waals surface area (Å²) in [7, 11) is 1.76. The summed E-state index contributed by atoms with van der Waals surface area (Å²) in [4.78, 5) is 4.38.